The van der Waals surface area contributed by atoms with Crippen LogP contribution in [0.2, 0.25) is 9.26 Å². The zero-order chi connectivity index (χ0) is 2.71. The van der Waals surface area contributed by atoms with Crippen LogP contribution in [0.4, 0.5) is 0 Å². The monoisotopic (exact) mass is 275 g/mol. The molecule has 0 saturated heterocycles. The fourth-order valence-electron chi connectivity index (χ4n) is 0. The first-order valence-electron chi connectivity index (χ1n) is 0.894. The van der Waals surface area contributed by atoms with Crippen molar-refractivity contribution >= 4 is 35.6 Å². The Labute approximate surface area is 45.0 Å². The van der Waals surface area contributed by atoms with Crippen molar-refractivity contribution in [3.8, 4) is 0 Å². The summed E-state index contributed by atoms with van der Waals surface area (Å²) in [5.74, 6) is 0. The third-order valence-corrected chi connectivity index (χ3v) is 0. The molecule has 4 heavy (non-hydrogen) atoms. The molecule has 0 aromatic carbocycles. The molecule has 0 aromatic heterocycles. The molecule has 0 fully saturated rings. The van der Waals surface area contributed by atoms with E-state index < -0.39 is 0 Å². The van der Waals surface area contributed by atoms with Crippen molar-refractivity contribution in [2.24, 2.45) is 0 Å². The summed E-state index contributed by atoms with van der Waals surface area (Å²) in [6, 6.07) is 0. The molecule has 0 bridgehead atoms. The van der Waals surface area contributed by atoms with E-state index >= 15 is 0 Å². The molecule has 0 rings (SSSR count). The van der Waals surface area contributed by atoms with Gasteiger partial charge >= 0.3 is 32.5 Å². The molecular formula is C2H7BiCl. The predicted molar refractivity (Wildman–Crippen MR) is 24.7 cm³/mol. The van der Waals surface area contributed by atoms with Crippen molar-refractivity contribution in [1.82, 2.24) is 0 Å². The van der Waals surface area contributed by atoms with Gasteiger partial charge in [-0.2, -0.15) is 0 Å². The Balaban J connectivity index is 0. The van der Waals surface area contributed by atoms with Gasteiger partial charge in [-0.3, -0.25) is 0 Å². The van der Waals surface area contributed by atoms with E-state index in [0.29, 0.717) is 0 Å². The first-order valence-corrected chi connectivity index (χ1v) is 7.85. The second-order valence-corrected chi connectivity index (χ2v) is 3.92. The summed E-state index contributed by atoms with van der Waals surface area (Å²) in [5, 5.41) is 0. The van der Waals surface area contributed by atoms with Crippen LogP contribution in [0, 0.1) is 0 Å². The van der Waals surface area contributed by atoms with Crippen molar-refractivity contribution in [3.63, 3.8) is 0 Å². The maximum atomic E-state index is 2.31. The van der Waals surface area contributed by atoms with Crippen LogP contribution in [0.25, 0.3) is 0 Å². The van der Waals surface area contributed by atoms with Gasteiger partial charge in [-0.1, -0.05) is 0 Å². The third kappa shape index (κ3) is 10.9. The third-order valence-electron chi connectivity index (χ3n) is 0. The summed E-state index contributed by atoms with van der Waals surface area (Å²) in [4.78, 5) is 0. The molecule has 0 nitrogen and oxygen atoms in total. The molecule has 0 spiro atoms. The molecule has 0 aromatic rings. The van der Waals surface area contributed by atoms with Gasteiger partial charge in [0.2, 0.25) is 0 Å². The zero-order valence-corrected chi connectivity index (χ0v) is 7.15. The average molecular weight is 276 g/mol. The maximum absolute atomic E-state index is 2.31. The SMILES string of the molecule is Cl.[CH3][Bi][CH3]. The van der Waals surface area contributed by atoms with Gasteiger partial charge in [-0.05, 0) is 0 Å². The minimum atomic E-state index is 0. The summed E-state index contributed by atoms with van der Waals surface area (Å²) in [5.41, 5.74) is 0. The molecule has 0 heterocycles. The van der Waals surface area contributed by atoms with Gasteiger partial charge in [-0.15, -0.1) is 12.4 Å². The molecule has 1 radical (unpaired) electrons. The zero-order valence-electron chi connectivity index (χ0n) is 2.86. The van der Waals surface area contributed by atoms with Crippen LogP contribution in [-0.2, 0) is 0 Å². The van der Waals surface area contributed by atoms with Crippen molar-refractivity contribution < 1.29 is 0 Å². The van der Waals surface area contributed by atoms with Crippen LogP contribution in [0.5, 0.6) is 0 Å². The fraction of sp³-hybridized carbons (Fsp3) is 1.00. The van der Waals surface area contributed by atoms with E-state index in [-0.39, 0.29) is 35.6 Å². The Morgan fingerprint density at radius 3 is 1.25 bits per heavy atom. The van der Waals surface area contributed by atoms with Crippen molar-refractivity contribution in [2.75, 3.05) is 0 Å². The summed E-state index contributed by atoms with van der Waals surface area (Å²) in [6.07, 6.45) is 0. The summed E-state index contributed by atoms with van der Waals surface area (Å²) < 4.78 is 4.61. The van der Waals surface area contributed by atoms with Crippen molar-refractivity contribution in [3.05, 3.63) is 0 Å². The van der Waals surface area contributed by atoms with E-state index in [1.165, 1.54) is 0 Å². The minimum absolute atomic E-state index is 0. The van der Waals surface area contributed by atoms with E-state index in [1.54, 1.807) is 0 Å². The normalized spacial score (nSPS) is 4.50. The van der Waals surface area contributed by atoms with Crippen LogP contribution in [0.3, 0.4) is 0 Å². The van der Waals surface area contributed by atoms with Crippen LogP contribution < -0.4 is 0 Å². The number of rotatable bonds is 0. The van der Waals surface area contributed by atoms with Gasteiger partial charge in [-0.25, -0.2) is 0 Å². The molecule has 2 heteroatoms. The molecule has 0 unspecified atom stereocenters. The molecule has 0 aliphatic carbocycles. The Kier molecular flexibility index (Phi) is 19.9. The molecule has 27 valence electrons. The van der Waals surface area contributed by atoms with Gasteiger partial charge in [0.05, 0.1) is 0 Å². The van der Waals surface area contributed by atoms with E-state index in [0.717, 1.165) is 0 Å². The van der Waals surface area contributed by atoms with Crippen LogP contribution in [0.1, 0.15) is 0 Å². The van der Waals surface area contributed by atoms with E-state index in [2.05, 4.69) is 9.26 Å². The van der Waals surface area contributed by atoms with Gasteiger partial charge in [0.15, 0.2) is 0 Å². The fourth-order valence-corrected chi connectivity index (χ4v) is 0. The summed E-state index contributed by atoms with van der Waals surface area (Å²) in [6.45, 7) is 0. The number of hydrogen-bond donors (Lipinski definition) is 0. The molecule has 0 aliphatic rings. The van der Waals surface area contributed by atoms with Gasteiger partial charge in [0.25, 0.3) is 0 Å². The Hall–Kier alpha value is 1.17. The Bertz CT molecular complexity index is 6.00. The van der Waals surface area contributed by atoms with E-state index in [1.807, 2.05) is 0 Å². The summed E-state index contributed by atoms with van der Waals surface area (Å²) >= 11 is 0.167. The van der Waals surface area contributed by atoms with Crippen LogP contribution in [-0.4, -0.2) is 23.2 Å². The topological polar surface area (TPSA) is 0 Å². The molecule has 0 amide bonds. The van der Waals surface area contributed by atoms with Gasteiger partial charge in [0.1, 0.15) is 0 Å². The molecule has 0 atom stereocenters. The number of halogens is 1. The second-order valence-electron chi connectivity index (χ2n) is 0.447. The first-order chi connectivity index (χ1) is 1.41. The number of hydrogen-bond acceptors (Lipinski definition) is 0. The van der Waals surface area contributed by atoms with Gasteiger partial charge in [0, 0.05) is 0 Å². The Morgan fingerprint density at radius 2 is 1.25 bits per heavy atom. The van der Waals surface area contributed by atoms with Crippen molar-refractivity contribution in [1.29, 1.82) is 0 Å². The Morgan fingerprint density at radius 1 is 1.25 bits per heavy atom. The average Bonchev–Trinajstić information content (AvgIpc) is 0.918. The van der Waals surface area contributed by atoms with Crippen LogP contribution in [0.15, 0.2) is 0 Å². The molecule has 0 saturated carbocycles. The van der Waals surface area contributed by atoms with Gasteiger partial charge < -0.3 is 0 Å². The second kappa shape index (κ2) is 8.90. The molecular weight excluding hydrogens is 268 g/mol. The van der Waals surface area contributed by atoms with E-state index in [9.17, 15) is 0 Å². The van der Waals surface area contributed by atoms with Crippen LogP contribution >= 0.6 is 12.4 Å². The summed E-state index contributed by atoms with van der Waals surface area (Å²) in [7, 11) is 0. The van der Waals surface area contributed by atoms with Crippen molar-refractivity contribution in [2.45, 2.75) is 9.26 Å². The molecule has 0 aliphatic heterocycles. The predicted octanol–water partition coefficient (Wildman–Crippen LogP) is 1.21. The quantitative estimate of drug-likeness (QED) is 0.583. The standard InChI is InChI=1S/2CH3.Bi.ClH/h2*1H3;;1H. The van der Waals surface area contributed by atoms with E-state index in [4.69, 9.17) is 0 Å². The first kappa shape index (κ1) is 8.95. The molecule has 0 N–H and O–H groups in total.